The summed E-state index contributed by atoms with van der Waals surface area (Å²) in [5.41, 5.74) is 5.47. The third-order valence-corrected chi connectivity index (χ3v) is 2.50. The third kappa shape index (κ3) is 4.40. The molecule has 0 aliphatic heterocycles. The van der Waals surface area contributed by atoms with Gasteiger partial charge in [0.25, 0.3) is 0 Å². The molecule has 0 aromatic carbocycles. The monoisotopic (exact) mass is 201 g/mol. The smallest absolute Gasteiger partial charge is 0.0707 e. The lowest BCUT2D eigenvalue weighted by Gasteiger charge is -2.34. The molecule has 0 amide bonds. The van der Waals surface area contributed by atoms with Gasteiger partial charge in [-0.3, -0.25) is 0 Å². The summed E-state index contributed by atoms with van der Waals surface area (Å²) >= 11 is 0. The Morgan fingerprint density at radius 1 is 1.21 bits per heavy atom. The van der Waals surface area contributed by atoms with Crippen molar-refractivity contribution in [1.82, 2.24) is 0 Å². The third-order valence-electron chi connectivity index (χ3n) is 2.50. The number of nitrogens with two attached hydrogens (primary N) is 1. The van der Waals surface area contributed by atoms with Gasteiger partial charge in [-0.25, -0.2) is 0 Å². The van der Waals surface area contributed by atoms with E-state index >= 15 is 0 Å². The van der Waals surface area contributed by atoms with Gasteiger partial charge < -0.3 is 15.2 Å². The molecule has 2 N–H and O–H groups in total. The predicted octanol–water partition coefficient (Wildman–Crippen LogP) is 1.56. The van der Waals surface area contributed by atoms with Crippen molar-refractivity contribution in [3.05, 3.63) is 0 Å². The molecule has 0 unspecified atom stereocenters. The van der Waals surface area contributed by atoms with Gasteiger partial charge in [-0.1, -0.05) is 0 Å². The first kappa shape index (κ1) is 12.0. The predicted molar refractivity (Wildman–Crippen MR) is 57.2 cm³/mol. The standard InChI is InChI=1S/C11H23NO2/c1-11(2,3)14-5-4-13-10-6-9(7-10)8-12/h9-10H,4-8,12H2,1-3H3. The van der Waals surface area contributed by atoms with E-state index in [2.05, 4.69) is 20.8 Å². The summed E-state index contributed by atoms with van der Waals surface area (Å²) in [6, 6.07) is 0. The first-order valence-corrected chi connectivity index (χ1v) is 5.47. The van der Waals surface area contributed by atoms with Crippen molar-refractivity contribution in [2.75, 3.05) is 19.8 Å². The fraction of sp³-hybridized carbons (Fsp3) is 1.00. The van der Waals surface area contributed by atoms with Crippen LogP contribution in [0.15, 0.2) is 0 Å². The maximum atomic E-state index is 5.62. The van der Waals surface area contributed by atoms with Gasteiger partial charge in [0.15, 0.2) is 0 Å². The van der Waals surface area contributed by atoms with Crippen LogP contribution in [-0.2, 0) is 9.47 Å². The topological polar surface area (TPSA) is 44.5 Å². The number of ether oxygens (including phenoxy) is 2. The number of hydrogen-bond donors (Lipinski definition) is 1. The van der Waals surface area contributed by atoms with Crippen LogP contribution in [0, 0.1) is 5.92 Å². The lowest BCUT2D eigenvalue weighted by atomic mass is 9.82. The minimum atomic E-state index is -0.0528. The minimum absolute atomic E-state index is 0.0528. The van der Waals surface area contributed by atoms with Crippen molar-refractivity contribution in [2.24, 2.45) is 11.7 Å². The summed E-state index contributed by atoms with van der Waals surface area (Å²) in [6.45, 7) is 8.37. The summed E-state index contributed by atoms with van der Waals surface area (Å²) in [4.78, 5) is 0. The van der Waals surface area contributed by atoms with Gasteiger partial charge in [0.2, 0.25) is 0 Å². The van der Waals surface area contributed by atoms with Crippen molar-refractivity contribution >= 4 is 0 Å². The molecule has 3 heteroatoms. The second kappa shape index (κ2) is 5.10. The molecule has 0 atom stereocenters. The van der Waals surface area contributed by atoms with Gasteiger partial charge in [0.05, 0.1) is 24.9 Å². The zero-order valence-corrected chi connectivity index (χ0v) is 9.58. The molecule has 0 saturated heterocycles. The van der Waals surface area contributed by atoms with Crippen LogP contribution < -0.4 is 5.73 Å². The SMILES string of the molecule is CC(C)(C)OCCOC1CC(CN)C1. The molecule has 0 radical (unpaired) electrons. The summed E-state index contributed by atoms with van der Waals surface area (Å²) in [6.07, 6.45) is 2.70. The van der Waals surface area contributed by atoms with E-state index in [-0.39, 0.29) is 5.60 Å². The summed E-state index contributed by atoms with van der Waals surface area (Å²) in [5, 5.41) is 0. The van der Waals surface area contributed by atoms with Gasteiger partial charge in [-0.2, -0.15) is 0 Å². The first-order chi connectivity index (χ1) is 6.51. The van der Waals surface area contributed by atoms with E-state index in [1.807, 2.05) is 0 Å². The highest BCUT2D eigenvalue weighted by Gasteiger charge is 2.28. The molecule has 0 spiro atoms. The van der Waals surface area contributed by atoms with Crippen LogP contribution in [0.1, 0.15) is 33.6 Å². The number of rotatable bonds is 5. The zero-order valence-electron chi connectivity index (χ0n) is 9.58. The molecule has 1 rings (SSSR count). The Hall–Kier alpha value is -0.120. The quantitative estimate of drug-likeness (QED) is 0.686. The largest absolute Gasteiger partial charge is 0.376 e. The Labute approximate surface area is 86.9 Å². The highest BCUT2D eigenvalue weighted by molar-refractivity contribution is 4.80. The molecule has 0 heterocycles. The van der Waals surface area contributed by atoms with E-state index in [0.717, 1.165) is 19.4 Å². The second-order valence-corrected chi connectivity index (χ2v) is 5.03. The lowest BCUT2D eigenvalue weighted by Crippen LogP contribution is -2.36. The average molecular weight is 201 g/mol. The van der Waals surface area contributed by atoms with E-state index in [0.29, 0.717) is 25.2 Å². The van der Waals surface area contributed by atoms with Crippen LogP contribution in [0.2, 0.25) is 0 Å². The molecule has 1 aliphatic carbocycles. The lowest BCUT2D eigenvalue weighted by molar-refractivity contribution is -0.0790. The van der Waals surface area contributed by atoms with E-state index < -0.39 is 0 Å². The van der Waals surface area contributed by atoms with E-state index in [4.69, 9.17) is 15.2 Å². The highest BCUT2D eigenvalue weighted by Crippen LogP contribution is 2.28. The first-order valence-electron chi connectivity index (χ1n) is 5.47. The molecule has 3 nitrogen and oxygen atoms in total. The highest BCUT2D eigenvalue weighted by atomic mass is 16.5. The Kier molecular flexibility index (Phi) is 4.35. The number of hydrogen-bond acceptors (Lipinski definition) is 3. The van der Waals surface area contributed by atoms with Crippen molar-refractivity contribution in [1.29, 1.82) is 0 Å². The van der Waals surface area contributed by atoms with Gasteiger partial charge >= 0.3 is 0 Å². The molecular weight excluding hydrogens is 178 g/mol. The summed E-state index contributed by atoms with van der Waals surface area (Å²) in [7, 11) is 0. The molecular formula is C11H23NO2. The van der Waals surface area contributed by atoms with Gasteiger partial charge in [-0.05, 0) is 46.1 Å². The van der Waals surface area contributed by atoms with Crippen LogP contribution in [0.25, 0.3) is 0 Å². The maximum Gasteiger partial charge on any atom is 0.0707 e. The normalized spacial score (nSPS) is 27.4. The Morgan fingerprint density at radius 3 is 2.36 bits per heavy atom. The molecule has 0 bridgehead atoms. The van der Waals surface area contributed by atoms with Crippen LogP contribution in [0.4, 0.5) is 0 Å². The Bertz CT molecular complexity index is 159. The van der Waals surface area contributed by atoms with E-state index in [1.54, 1.807) is 0 Å². The Balaban J connectivity index is 1.91. The molecule has 1 aliphatic rings. The summed E-state index contributed by atoms with van der Waals surface area (Å²) < 4.78 is 11.2. The molecule has 84 valence electrons. The van der Waals surface area contributed by atoms with Gasteiger partial charge in [0.1, 0.15) is 0 Å². The van der Waals surface area contributed by atoms with Crippen molar-refractivity contribution in [3.8, 4) is 0 Å². The second-order valence-electron chi connectivity index (χ2n) is 5.03. The van der Waals surface area contributed by atoms with E-state index in [9.17, 15) is 0 Å². The van der Waals surface area contributed by atoms with Crippen molar-refractivity contribution in [2.45, 2.75) is 45.3 Å². The van der Waals surface area contributed by atoms with Crippen LogP contribution >= 0.6 is 0 Å². The van der Waals surface area contributed by atoms with Gasteiger partial charge in [-0.15, -0.1) is 0 Å². The maximum absolute atomic E-state index is 5.62. The minimum Gasteiger partial charge on any atom is -0.376 e. The van der Waals surface area contributed by atoms with Crippen LogP contribution in [0.5, 0.6) is 0 Å². The fourth-order valence-corrected chi connectivity index (χ4v) is 1.57. The van der Waals surface area contributed by atoms with Crippen LogP contribution in [-0.4, -0.2) is 31.5 Å². The molecule has 0 aromatic heterocycles. The summed E-state index contributed by atoms with van der Waals surface area (Å²) in [5.74, 6) is 0.698. The zero-order chi connectivity index (χ0) is 10.6. The molecule has 0 aromatic rings. The van der Waals surface area contributed by atoms with Crippen molar-refractivity contribution < 1.29 is 9.47 Å². The van der Waals surface area contributed by atoms with Crippen LogP contribution in [0.3, 0.4) is 0 Å². The van der Waals surface area contributed by atoms with Crippen molar-refractivity contribution in [3.63, 3.8) is 0 Å². The fourth-order valence-electron chi connectivity index (χ4n) is 1.57. The Morgan fingerprint density at radius 2 is 1.86 bits per heavy atom. The van der Waals surface area contributed by atoms with E-state index in [1.165, 1.54) is 0 Å². The molecule has 1 saturated carbocycles. The molecule has 1 fully saturated rings. The van der Waals surface area contributed by atoms with Gasteiger partial charge in [0, 0.05) is 0 Å². The molecule has 14 heavy (non-hydrogen) atoms. The average Bonchev–Trinajstić information content (AvgIpc) is 1.98.